The Balaban J connectivity index is 2.10. The molecular weight excluding hydrogens is 312 g/mol. The number of carboxylic acids is 1. The van der Waals surface area contributed by atoms with E-state index in [1.165, 1.54) is 17.6 Å². The lowest BCUT2D eigenvalue weighted by Crippen LogP contribution is -2.07. The first kappa shape index (κ1) is 15.2. The molecule has 3 aromatic rings. The Morgan fingerprint density at radius 2 is 1.87 bits per heavy atom. The van der Waals surface area contributed by atoms with E-state index < -0.39 is 11.9 Å². The third kappa shape index (κ3) is 2.96. The molecule has 5 heteroatoms. The lowest BCUT2D eigenvalue weighted by atomic mass is 9.98. The van der Waals surface area contributed by atoms with Crippen molar-refractivity contribution < 1.29 is 19.1 Å². The Morgan fingerprint density at radius 3 is 2.48 bits per heavy atom. The van der Waals surface area contributed by atoms with Crippen LogP contribution in [0.25, 0.3) is 10.4 Å². The molecule has 0 fully saturated rings. The zero-order valence-corrected chi connectivity index (χ0v) is 13.2. The highest BCUT2D eigenvalue weighted by Gasteiger charge is 2.24. The van der Waals surface area contributed by atoms with Crippen molar-refractivity contribution >= 4 is 23.1 Å². The van der Waals surface area contributed by atoms with Gasteiger partial charge < -0.3 is 9.52 Å². The number of aliphatic carboxylic acids is 1. The van der Waals surface area contributed by atoms with Gasteiger partial charge in [-0.25, -0.2) is 0 Å². The maximum absolute atomic E-state index is 12.5. The molecule has 23 heavy (non-hydrogen) atoms. The number of carbonyl (C=O) groups is 2. The van der Waals surface area contributed by atoms with Gasteiger partial charge in [0.25, 0.3) is 0 Å². The van der Waals surface area contributed by atoms with E-state index in [0.29, 0.717) is 10.4 Å². The second-order valence-corrected chi connectivity index (χ2v) is 6.18. The summed E-state index contributed by atoms with van der Waals surface area (Å²) in [6, 6.07) is 14.4. The molecule has 0 amide bonds. The van der Waals surface area contributed by atoms with Crippen LogP contribution in [0.1, 0.15) is 33.8 Å². The summed E-state index contributed by atoms with van der Waals surface area (Å²) < 4.78 is 5.15. The molecule has 0 aliphatic rings. The molecular formula is C18H14O4S. The van der Waals surface area contributed by atoms with Crippen LogP contribution in [0.15, 0.2) is 59.2 Å². The standard InChI is InChI=1S/C18H14O4S/c1-11(18(20)21)13-10-15(16(19)14-8-5-9-22-14)23-17(13)12-6-3-2-4-7-12/h2-11H,1H3,(H,20,21). The summed E-state index contributed by atoms with van der Waals surface area (Å²) in [4.78, 5) is 25.1. The highest BCUT2D eigenvalue weighted by atomic mass is 32.1. The summed E-state index contributed by atoms with van der Waals surface area (Å²) in [5.74, 6) is -1.60. The topological polar surface area (TPSA) is 67.5 Å². The molecule has 0 bridgehead atoms. The minimum absolute atomic E-state index is 0.235. The molecule has 0 radical (unpaired) electrons. The summed E-state index contributed by atoms with van der Waals surface area (Å²) in [5.41, 5.74) is 1.54. The minimum Gasteiger partial charge on any atom is -0.481 e. The number of furan rings is 1. The van der Waals surface area contributed by atoms with Crippen LogP contribution in [0.4, 0.5) is 0 Å². The van der Waals surface area contributed by atoms with Crippen molar-refractivity contribution in [2.45, 2.75) is 12.8 Å². The smallest absolute Gasteiger partial charge is 0.310 e. The van der Waals surface area contributed by atoms with Gasteiger partial charge in [0.05, 0.1) is 17.1 Å². The number of carbonyl (C=O) groups excluding carboxylic acids is 1. The summed E-state index contributed by atoms with van der Waals surface area (Å²) in [6.45, 7) is 1.62. The largest absolute Gasteiger partial charge is 0.481 e. The van der Waals surface area contributed by atoms with Crippen molar-refractivity contribution in [3.05, 3.63) is 71.0 Å². The SMILES string of the molecule is CC(C(=O)O)c1cc(C(=O)c2ccco2)sc1-c1ccccc1. The molecule has 1 unspecified atom stereocenters. The van der Waals surface area contributed by atoms with Gasteiger partial charge >= 0.3 is 5.97 Å². The van der Waals surface area contributed by atoms with Gasteiger partial charge in [-0.2, -0.15) is 0 Å². The second-order valence-electron chi connectivity index (χ2n) is 5.13. The van der Waals surface area contributed by atoms with Crippen molar-refractivity contribution in [3.63, 3.8) is 0 Å². The van der Waals surface area contributed by atoms with Gasteiger partial charge in [-0.05, 0) is 36.2 Å². The van der Waals surface area contributed by atoms with Gasteiger partial charge in [-0.3, -0.25) is 9.59 Å². The maximum Gasteiger partial charge on any atom is 0.310 e. The van der Waals surface area contributed by atoms with E-state index in [4.69, 9.17) is 4.42 Å². The first-order valence-corrected chi connectivity index (χ1v) is 7.89. The Kier molecular flexibility index (Phi) is 4.12. The van der Waals surface area contributed by atoms with E-state index in [9.17, 15) is 14.7 Å². The first-order chi connectivity index (χ1) is 11.1. The van der Waals surface area contributed by atoms with Crippen LogP contribution in [-0.4, -0.2) is 16.9 Å². The fourth-order valence-corrected chi connectivity index (χ4v) is 3.52. The third-order valence-corrected chi connectivity index (χ3v) is 4.80. The van der Waals surface area contributed by atoms with Gasteiger partial charge in [0, 0.05) is 4.88 Å². The van der Waals surface area contributed by atoms with Crippen LogP contribution < -0.4 is 0 Å². The predicted molar refractivity (Wildman–Crippen MR) is 87.9 cm³/mol. The fourth-order valence-electron chi connectivity index (χ4n) is 2.32. The molecule has 4 nitrogen and oxygen atoms in total. The van der Waals surface area contributed by atoms with Gasteiger partial charge in [-0.1, -0.05) is 30.3 Å². The molecule has 116 valence electrons. The van der Waals surface area contributed by atoms with Gasteiger partial charge in [0.15, 0.2) is 5.76 Å². The second kappa shape index (κ2) is 6.22. The van der Waals surface area contributed by atoms with Crippen molar-refractivity contribution in [2.75, 3.05) is 0 Å². The van der Waals surface area contributed by atoms with Crippen molar-refractivity contribution in [1.29, 1.82) is 0 Å². The molecule has 1 N–H and O–H groups in total. The van der Waals surface area contributed by atoms with Crippen molar-refractivity contribution in [3.8, 4) is 10.4 Å². The number of ketones is 1. The van der Waals surface area contributed by atoms with Crippen LogP contribution in [0, 0.1) is 0 Å². The lowest BCUT2D eigenvalue weighted by molar-refractivity contribution is -0.138. The Labute approximate surface area is 137 Å². The van der Waals surface area contributed by atoms with E-state index in [-0.39, 0.29) is 11.5 Å². The van der Waals surface area contributed by atoms with Crippen molar-refractivity contribution in [1.82, 2.24) is 0 Å². The van der Waals surface area contributed by atoms with Crippen molar-refractivity contribution in [2.24, 2.45) is 0 Å². The number of benzene rings is 1. The first-order valence-electron chi connectivity index (χ1n) is 7.08. The van der Waals surface area contributed by atoms with E-state index in [2.05, 4.69) is 0 Å². The monoisotopic (exact) mass is 326 g/mol. The molecule has 0 aliphatic carbocycles. The third-order valence-electron chi connectivity index (χ3n) is 3.60. The summed E-state index contributed by atoms with van der Waals surface area (Å²) in [5, 5.41) is 9.34. The molecule has 0 saturated carbocycles. The molecule has 0 aliphatic heterocycles. The quantitative estimate of drug-likeness (QED) is 0.704. The number of carboxylic acid groups (broad SMARTS) is 1. The number of rotatable bonds is 5. The highest BCUT2D eigenvalue weighted by Crippen LogP contribution is 2.38. The molecule has 1 atom stereocenters. The van der Waals surface area contributed by atoms with Crippen LogP contribution in [0.2, 0.25) is 0 Å². The lowest BCUT2D eigenvalue weighted by Gasteiger charge is -2.07. The van der Waals surface area contributed by atoms with Crippen LogP contribution in [-0.2, 0) is 4.79 Å². The number of thiophene rings is 1. The average Bonchev–Trinajstić information content (AvgIpc) is 3.24. The van der Waals surface area contributed by atoms with E-state index in [1.54, 1.807) is 25.1 Å². The Morgan fingerprint density at radius 1 is 1.13 bits per heavy atom. The highest BCUT2D eigenvalue weighted by molar-refractivity contribution is 7.17. The van der Waals surface area contributed by atoms with Crippen LogP contribution in [0.5, 0.6) is 0 Å². The zero-order chi connectivity index (χ0) is 16.4. The van der Waals surface area contributed by atoms with Crippen LogP contribution in [0.3, 0.4) is 0 Å². The van der Waals surface area contributed by atoms with Gasteiger partial charge in [-0.15, -0.1) is 11.3 Å². The normalized spacial score (nSPS) is 12.0. The molecule has 2 aromatic heterocycles. The molecule has 3 rings (SSSR count). The van der Waals surface area contributed by atoms with E-state index in [0.717, 1.165) is 10.4 Å². The van der Waals surface area contributed by atoms with Gasteiger partial charge in [0.2, 0.25) is 5.78 Å². The minimum atomic E-state index is -0.919. The predicted octanol–water partition coefficient (Wildman–Crippen LogP) is 4.43. The summed E-state index contributed by atoms with van der Waals surface area (Å²) >= 11 is 1.29. The fraction of sp³-hybridized carbons (Fsp3) is 0.111. The molecule has 0 saturated heterocycles. The molecule has 0 spiro atoms. The number of hydrogen-bond donors (Lipinski definition) is 1. The molecule has 1 aromatic carbocycles. The van der Waals surface area contributed by atoms with E-state index >= 15 is 0 Å². The summed E-state index contributed by atoms with van der Waals surface area (Å²) in [7, 11) is 0. The molecule has 2 heterocycles. The van der Waals surface area contributed by atoms with Crippen LogP contribution >= 0.6 is 11.3 Å². The Bertz CT molecular complexity index is 831. The average molecular weight is 326 g/mol. The Hall–Kier alpha value is -2.66. The summed E-state index contributed by atoms with van der Waals surface area (Å²) in [6.07, 6.45) is 1.44. The van der Waals surface area contributed by atoms with E-state index in [1.807, 2.05) is 30.3 Å². The van der Waals surface area contributed by atoms with Gasteiger partial charge in [0.1, 0.15) is 0 Å². The number of hydrogen-bond acceptors (Lipinski definition) is 4. The maximum atomic E-state index is 12.5. The zero-order valence-electron chi connectivity index (χ0n) is 12.4.